The standard InChI is InChI=1S/C5H8N4/c1-2-5-8-6-4-9(5)7-3-1/h1-3,6-8H,4H2. The Labute approximate surface area is 53.2 Å². The summed E-state index contributed by atoms with van der Waals surface area (Å²) in [5.74, 6) is 1.07. The summed E-state index contributed by atoms with van der Waals surface area (Å²) in [5, 5.41) is 1.97. The molecule has 0 aromatic rings. The van der Waals surface area contributed by atoms with Crippen molar-refractivity contribution >= 4 is 0 Å². The molecule has 2 heterocycles. The highest BCUT2D eigenvalue weighted by atomic mass is 15.7. The van der Waals surface area contributed by atoms with Gasteiger partial charge in [-0.2, -0.15) is 0 Å². The third-order valence-corrected chi connectivity index (χ3v) is 1.33. The Morgan fingerprint density at radius 3 is 3.44 bits per heavy atom. The van der Waals surface area contributed by atoms with Crippen molar-refractivity contribution in [2.75, 3.05) is 6.67 Å². The van der Waals surface area contributed by atoms with Crippen LogP contribution in [0.1, 0.15) is 0 Å². The second-order valence-electron chi connectivity index (χ2n) is 1.93. The molecule has 4 heteroatoms. The van der Waals surface area contributed by atoms with E-state index in [9.17, 15) is 0 Å². The predicted molar refractivity (Wildman–Crippen MR) is 33.3 cm³/mol. The first-order valence-electron chi connectivity index (χ1n) is 2.86. The van der Waals surface area contributed by atoms with Crippen molar-refractivity contribution < 1.29 is 0 Å². The highest BCUT2D eigenvalue weighted by molar-refractivity contribution is 5.14. The Morgan fingerprint density at radius 2 is 2.56 bits per heavy atom. The molecular formula is C5H8N4. The van der Waals surface area contributed by atoms with E-state index in [-0.39, 0.29) is 0 Å². The van der Waals surface area contributed by atoms with E-state index in [1.807, 2.05) is 23.4 Å². The van der Waals surface area contributed by atoms with Crippen molar-refractivity contribution in [2.24, 2.45) is 0 Å². The molecule has 0 atom stereocenters. The molecule has 0 aliphatic carbocycles. The van der Waals surface area contributed by atoms with Crippen LogP contribution in [0.5, 0.6) is 0 Å². The summed E-state index contributed by atoms with van der Waals surface area (Å²) in [5.41, 5.74) is 8.99. The third-order valence-electron chi connectivity index (χ3n) is 1.33. The molecule has 0 spiro atoms. The SMILES string of the molecule is C1=CNN2CNNC2=C1. The molecule has 4 nitrogen and oxygen atoms in total. The van der Waals surface area contributed by atoms with E-state index in [1.165, 1.54) is 0 Å². The smallest absolute Gasteiger partial charge is 0.136 e. The van der Waals surface area contributed by atoms with Crippen LogP contribution in [0, 0.1) is 0 Å². The van der Waals surface area contributed by atoms with Gasteiger partial charge in [0, 0.05) is 6.20 Å². The molecule has 9 heavy (non-hydrogen) atoms. The van der Waals surface area contributed by atoms with Crippen LogP contribution in [-0.2, 0) is 0 Å². The van der Waals surface area contributed by atoms with Gasteiger partial charge in [-0.15, -0.1) is 0 Å². The quantitative estimate of drug-likeness (QED) is 0.396. The Balaban J connectivity index is 2.23. The van der Waals surface area contributed by atoms with Gasteiger partial charge < -0.3 is 10.9 Å². The van der Waals surface area contributed by atoms with Gasteiger partial charge in [0.25, 0.3) is 0 Å². The first kappa shape index (κ1) is 4.69. The minimum absolute atomic E-state index is 0.802. The molecule has 2 rings (SSSR count). The van der Waals surface area contributed by atoms with E-state index in [2.05, 4.69) is 16.3 Å². The second-order valence-corrected chi connectivity index (χ2v) is 1.93. The fourth-order valence-electron chi connectivity index (χ4n) is 0.881. The van der Waals surface area contributed by atoms with Crippen LogP contribution in [0.2, 0.25) is 0 Å². The number of nitrogens with one attached hydrogen (secondary N) is 3. The Kier molecular flexibility index (Phi) is 0.868. The number of hydrogen-bond donors (Lipinski definition) is 3. The van der Waals surface area contributed by atoms with Gasteiger partial charge >= 0.3 is 0 Å². The van der Waals surface area contributed by atoms with Crippen molar-refractivity contribution in [3.05, 3.63) is 24.2 Å². The maximum atomic E-state index is 3.04. The molecule has 3 N–H and O–H groups in total. The lowest BCUT2D eigenvalue weighted by Crippen LogP contribution is -2.33. The zero-order valence-corrected chi connectivity index (χ0v) is 4.89. The minimum atomic E-state index is 0.802. The molecule has 0 bridgehead atoms. The molecule has 0 unspecified atom stereocenters. The fourth-order valence-corrected chi connectivity index (χ4v) is 0.881. The highest BCUT2D eigenvalue weighted by Gasteiger charge is 2.14. The third kappa shape index (κ3) is 0.639. The number of fused-ring (bicyclic) bond motifs is 1. The van der Waals surface area contributed by atoms with Crippen molar-refractivity contribution in [3.8, 4) is 0 Å². The minimum Gasteiger partial charge on any atom is -0.304 e. The van der Waals surface area contributed by atoms with Gasteiger partial charge in [0.2, 0.25) is 0 Å². The average molecular weight is 124 g/mol. The molecule has 1 saturated heterocycles. The maximum absolute atomic E-state index is 3.04. The van der Waals surface area contributed by atoms with Crippen LogP contribution >= 0.6 is 0 Å². The summed E-state index contributed by atoms with van der Waals surface area (Å²) in [6.07, 6.45) is 5.83. The topological polar surface area (TPSA) is 39.3 Å². The van der Waals surface area contributed by atoms with Crippen LogP contribution in [0.15, 0.2) is 24.2 Å². The number of nitrogens with zero attached hydrogens (tertiary/aromatic N) is 1. The normalized spacial score (nSPS) is 22.2. The first-order chi connectivity index (χ1) is 4.47. The average Bonchev–Trinajstić information content (AvgIpc) is 2.33. The number of allylic oxidation sites excluding steroid dienone is 2. The first-order valence-corrected chi connectivity index (χ1v) is 2.86. The number of hydrogen-bond acceptors (Lipinski definition) is 4. The van der Waals surface area contributed by atoms with Gasteiger partial charge in [-0.3, -0.25) is 5.01 Å². The molecular weight excluding hydrogens is 116 g/mol. The molecule has 2 aliphatic rings. The summed E-state index contributed by atoms with van der Waals surface area (Å²) in [4.78, 5) is 0. The summed E-state index contributed by atoms with van der Waals surface area (Å²) < 4.78 is 0. The molecule has 1 fully saturated rings. The largest absolute Gasteiger partial charge is 0.304 e. The zero-order valence-electron chi connectivity index (χ0n) is 4.89. The monoisotopic (exact) mass is 124 g/mol. The molecule has 0 aromatic heterocycles. The Morgan fingerprint density at radius 1 is 1.56 bits per heavy atom. The lowest BCUT2D eigenvalue weighted by atomic mass is 10.5. The van der Waals surface area contributed by atoms with Gasteiger partial charge in [-0.05, 0) is 12.2 Å². The van der Waals surface area contributed by atoms with Crippen LogP contribution in [0.4, 0.5) is 0 Å². The van der Waals surface area contributed by atoms with E-state index in [0.29, 0.717) is 0 Å². The van der Waals surface area contributed by atoms with Gasteiger partial charge in [-0.1, -0.05) is 0 Å². The summed E-state index contributed by atoms with van der Waals surface area (Å²) in [7, 11) is 0. The number of rotatable bonds is 0. The summed E-state index contributed by atoms with van der Waals surface area (Å²) >= 11 is 0. The van der Waals surface area contributed by atoms with Gasteiger partial charge in [0.05, 0.1) is 0 Å². The van der Waals surface area contributed by atoms with Crippen LogP contribution in [0.25, 0.3) is 0 Å². The molecule has 0 amide bonds. The molecule has 0 saturated carbocycles. The van der Waals surface area contributed by atoms with Crippen molar-refractivity contribution in [1.29, 1.82) is 0 Å². The van der Waals surface area contributed by atoms with E-state index in [0.717, 1.165) is 12.5 Å². The Hall–Kier alpha value is -1.16. The van der Waals surface area contributed by atoms with Crippen LogP contribution < -0.4 is 16.3 Å². The van der Waals surface area contributed by atoms with Gasteiger partial charge in [0.15, 0.2) is 0 Å². The Bertz CT molecular complexity index is 172. The lowest BCUT2D eigenvalue weighted by Gasteiger charge is -2.18. The van der Waals surface area contributed by atoms with Crippen molar-refractivity contribution in [2.45, 2.75) is 0 Å². The van der Waals surface area contributed by atoms with E-state index in [4.69, 9.17) is 0 Å². The van der Waals surface area contributed by atoms with Gasteiger partial charge in [-0.25, -0.2) is 5.43 Å². The number of hydrazine groups is 2. The van der Waals surface area contributed by atoms with E-state index < -0.39 is 0 Å². The molecule has 2 aliphatic heterocycles. The van der Waals surface area contributed by atoms with E-state index in [1.54, 1.807) is 0 Å². The van der Waals surface area contributed by atoms with E-state index >= 15 is 0 Å². The van der Waals surface area contributed by atoms with Crippen molar-refractivity contribution in [3.63, 3.8) is 0 Å². The molecule has 0 aromatic carbocycles. The second kappa shape index (κ2) is 1.66. The summed E-state index contributed by atoms with van der Waals surface area (Å²) in [6, 6.07) is 0. The molecule has 0 radical (unpaired) electrons. The summed E-state index contributed by atoms with van der Waals surface area (Å²) in [6.45, 7) is 0.802. The zero-order chi connectivity index (χ0) is 6.10. The molecule has 48 valence electrons. The maximum Gasteiger partial charge on any atom is 0.136 e. The van der Waals surface area contributed by atoms with Gasteiger partial charge in [0.1, 0.15) is 12.5 Å². The lowest BCUT2D eigenvalue weighted by molar-refractivity contribution is 0.317. The predicted octanol–water partition coefficient (Wildman–Crippen LogP) is -0.773. The highest BCUT2D eigenvalue weighted by Crippen LogP contribution is 2.03. The van der Waals surface area contributed by atoms with Crippen LogP contribution in [0.3, 0.4) is 0 Å². The fraction of sp³-hybridized carbons (Fsp3) is 0.200. The van der Waals surface area contributed by atoms with Crippen LogP contribution in [-0.4, -0.2) is 11.7 Å². The van der Waals surface area contributed by atoms with Crippen molar-refractivity contribution in [1.82, 2.24) is 21.3 Å².